The smallest absolute Gasteiger partial charge is 0.414 e. The molecule has 146 valence electrons. The first-order valence-corrected chi connectivity index (χ1v) is 8.73. The summed E-state index contributed by atoms with van der Waals surface area (Å²) in [5.74, 6) is 0.677. The first-order chi connectivity index (χ1) is 13.7. The fourth-order valence-electron chi connectivity index (χ4n) is 2.45. The molecule has 0 fully saturated rings. The first-order valence-electron chi connectivity index (χ1n) is 8.73. The lowest BCUT2D eigenvalue weighted by atomic mass is 10.1. The molecule has 0 saturated heterocycles. The number of para-hydroxylation sites is 1. The van der Waals surface area contributed by atoms with Crippen molar-refractivity contribution in [1.82, 2.24) is 0 Å². The predicted octanol–water partition coefficient (Wildman–Crippen LogP) is 4.56. The molecule has 0 unspecified atom stereocenters. The summed E-state index contributed by atoms with van der Waals surface area (Å²) in [5, 5.41) is 3.86. The minimum Gasteiger partial charge on any atom is -0.489 e. The molecule has 0 radical (unpaired) electrons. The van der Waals surface area contributed by atoms with E-state index in [1.165, 1.54) is 12.0 Å². The highest BCUT2D eigenvalue weighted by atomic mass is 16.6. The van der Waals surface area contributed by atoms with Gasteiger partial charge in [0.15, 0.2) is 0 Å². The SMILES string of the molecule is C=CCO/N=C/c1cccc(OCc2ccccc2N(CC=C)C(=O)OC)c1. The Balaban J connectivity index is 2.13. The van der Waals surface area contributed by atoms with E-state index in [0.29, 0.717) is 24.6 Å². The highest BCUT2D eigenvalue weighted by Crippen LogP contribution is 2.23. The van der Waals surface area contributed by atoms with Crippen molar-refractivity contribution in [2.45, 2.75) is 6.61 Å². The van der Waals surface area contributed by atoms with Crippen LogP contribution < -0.4 is 9.64 Å². The molecule has 2 aromatic carbocycles. The van der Waals surface area contributed by atoms with Crippen molar-refractivity contribution in [1.29, 1.82) is 0 Å². The van der Waals surface area contributed by atoms with E-state index in [9.17, 15) is 4.79 Å². The van der Waals surface area contributed by atoms with Crippen LogP contribution in [0, 0.1) is 0 Å². The molecule has 0 spiro atoms. The van der Waals surface area contributed by atoms with E-state index >= 15 is 0 Å². The molecule has 28 heavy (non-hydrogen) atoms. The maximum absolute atomic E-state index is 12.1. The van der Waals surface area contributed by atoms with Crippen molar-refractivity contribution in [3.8, 4) is 5.75 Å². The zero-order chi connectivity index (χ0) is 20.2. The first kappa shape index (κ1) is 20.8. The Bertz CT molecular complexity index is 833. The van der Waals surface area contributed by atoms with Crippen LogP contribution in [0.4, 0.5) is 10.5 Å². The fraction of sp³-hybridized carbons (Fsp3) is 0.182. The third kappa shape index (κ3) is 6.02. The lowest BCUT2D eigenvalue weighted by molar-refractivity contribution is 0.176. The van der Waals surface area contributed by atoms with Gasteiger partial charge in [0.25, 0.3) is 0 Å². The van der Waals surface area contributed by atoms with Gasteiger partial charge in [-0.05, 0) is 23.8 Å². The Labute approximate surface area is 165 Å². The molecular formula is C22H24N2O4. The number of benzene rings is 2. The second-order valence-electron chi connectivity index (χ2n) is 5.68. The average molecular weight is 380 g/mol. The minimum atomic E-state index is -0.454. The van der Waals surface area contributed by atoms with E-state index in [-0.39, 0.29) is 6.61 Å². The van der Waals surface area contributed by atoms with Gasteiger partial charge in [0.05, 0.1) is 19.0 Å². The molecule has 0 N–H and O–H groups in total. The van der Waals surface area contributed by atoms with Crippen LogP contribution in [0.2, 0.25) is 0 Å². The number of hydrogen-bond donors (Lipinski definition) is 0. The molecular weight excluding hydrogens is 356 g/mol. The quantitative estimate of drug-likeness (QED) is 0.262. The molecule has 0 atom stereocenters. The largest absolute Gasteiger partial charge is 0.489 e. The summed E-state index contributed by atoms with van der Waals surface area (Å²) in [7, 11) is 1.35. The van der Waals surface area contributed by atoms with Crippen molar-refractivity contribution >= 4 is 18.0 Å². The van der Waals surface area contributed by atoms with Crippen LogP contribution in [0.1, 0.15) is 11.1 Å². The van der Waals surface area contributed by atoms with Crippen LogP contribution in [0.5, 0.6) is 5.75 Å². The highest BCUT2D eigenvalue weighted by molar-refractivity contribution is 5.88. The summed E-state index contributed by atoms with van der Waals surface area (Å²) in [4.78, 5) is 18.6. The predicted molar refractivity (Wildman–Crippen MR) is 111 cm³/mol. The average Bonchev–Trinajstić information content (AvgIpc) is 2.74. The number of carbonyl (C=O) groups excluding carboxylic acids is 1. The number of anilines is 1. The van der Waals surface area contributed by atoms with Crippen molar-refractivity contribution in [3.05, 3.63) is 85.0 Å². The Kier molecular flexibility index (Phi) is 8.33. The Hall–Kier alpha value is -3.54. The van der Waals surface area contributed by atoms with Gasteiger partial charge in [-0.15, -0.1) is 6.58 Å². The Morgan fingerprint density at radius 3 is 2.71 bits per heavy atom. The second-order valence-corrected chi connectivity index (χ2v) is 5.68. The summed E-state index contributed by atoms with van der Waals surface area (Å²) in [6, 6.07) is 15.0. The van der Waals surface area contributed by atoms with Crippen molar-refractivity contribution in [2.24, 2.45) is 5.16 Å². The van der Waals surface area contributed by atoms with Crippen LogP contribution >= 0.6 is 0 Å². The van der Waals surface area contributed by atoms with Gasteiger partial charge in [-0.2, -0.15) is 0 Å². The lowest BCUT2D eigenvalue weighted by Crippen LogP contribution is -2.31. The van der Waals surface area contributed by atoms with Gasteiger partial charge in [-0.3, -0.25) is 4.90 Å². The zero-order valence-electron chi connectivity index (χ0n) is 15.9. The molecule has 1 amide bonds. The van der Waals surface area contributed by atoms with Crippen LogP contribution in [0.15, 0.2) is 79.0 Å². The third-order valence-electron chi connectivity index (χ3n) is 3.71. The summed E-state index contributed by atoms with van der Waals surface area (Å²) in [6.45, 7) is 8.24. The molecule has 0 heterocycles. The third-order valence-corrected chi connectivity index (χ3v) is 3.71. The molecule has 2 rings (SSSR count). The topological polar surface area (TPSA) is 60.4 Å². The summed E-state index contributed by atoms with van der Waals surface area (Å²) >= 11 is 0. The minimum absolute atomic E-state index is 0.286. The van der Waals surface area contributed by atoms with Gasteiger partial charge in [0, 0.05) is 12.1 Å². The molecule has 2 aromatic rings. The molecule has 6 nitrogen and oxygen atoms in total. The molecule has 0 aliphatic heterocycles. The van der Waals surface area contributed by atoms with E-state index < -0.39 is 6.09 Å². The standard InChI is InChI=1S/C22H24N2O4/c1-4-13-24(22(25)26-3)21-12-7-6-10-19(21)17-27-20-11-8-9-18(15-20)16-23-28-14-5-2/h4-12,15-16H,1-2,13-14,17H2,3H3/b23-16+. The zero-order valence-corrected chi connectivity index (χ0v) is 15.9. The summed E-state index contributed by atoms with van der Waals surface area (Å²) in [6.07, 6.45) is 4.42. The Morgan fingerprint density at radius 2 is 1.96 bits per heavy atom. The van der Waals surface area contributed by atoms with Crippen LogP contribution in [0.3, 0.4) is 0 Å². The number of rotatable bonds is 10. The molecule has 0 aliphatic carbocycles. The van der Waals surface area contributed by atoms with Gasteiger partial charge in [0.2, 0.25) is 0 Å². The van der Waals surface area contributed by atoms with Crippen molar-refractivity contribution in [3.63, 3.8) is 0 Å². The van der Waals surface area contributed by atoms with E-state index in [0.717, 1.165) is 11.1 Å². The number of oxime groups is 1. The number of hydrogen-bond acceptors (Lipinski definition) is 5. The summed E-state index contributed by atoms with van der Waals surface area (Å²) < 4.78 is 10.8. The van der Waals surface area contributed by atoms with Crippen molar-refractivity contribution in [2.75, 3.05) is 25.2 Å². The van der Waals surface area contributed by atoms with Gasteiger partial charge in [-0.25, -0.2) is 4.79 Å². The number of ether oxygens (including phenoxy) is 2. The maximum atomic E-state index is 12.1. The van der Waals surface area contributed by atoms with Crippen molar-refractivity contribution < 1.29 is 19.1 Å². The van der Waals surface area contributed by atoms with Gasteiger partial charge < -0.3 is 14.3 Å². The monoisotopic (exact) mass is 380 g/mol. The molecule has 0 bridgehead atoms. The van der Waals surface area contributed by atoms with Gasteiger partial charge in [-0.1, -0.05) is 54.2 Å². The fourth-order valence-corrected chi connectivity index (χ4v) is 2.45. The van der Waals surface area contributed by atoms with Gasteiger partial charge in [0.1, 0.15) is 19.0 Å². The van der Waals surface area contributed by atoms with Crippen LogP contribution in [-0.4, -0.2) is 32.6 Å². The molecule has 6 heteroatoms. The van der Waals surface area contributed by atoms with Crippen LogP contribution in [0.25, 0.3) is 0 Å². The lowest BCUT2D eigenvalue weighted by Gasteiger charge is -2.22. The van der Waals surface area contributed by atoms with E-state index in [1.54, 1.807) is 18.4 Å². The molecule has 0 saturated carbocycles. The number of methoxy groups -OCH3 is 1. The number of nitrogens with zero attached hydrogens (tertiary/aromatic N) is 2. The van der Waals surface area contributed by atoms with Gasteiger partial charge >= 0.3 is 6.09 Å². The molecule has 0 aliphatic rings. The molecule has 0 aromatic heterocycles. The normalized spacial score (nSPS) is 10.3. The highest BCUT2D eigenvalue weighted by Gasteiger charge is 2.18. The number of carbonyl (C=O) groups is 1. The Morgan fingerprint density at radius 1 is 1.14 bits per heavy atom. The second kappa shape index (κ2) is 11.2. The van der Waals surface area contributed by atoms with E-state index in [4.69, 9.17) is 14.3 Å². The maximum Gasteiger partial charge on any atom is 0.414 e. The van der Waals surface area contributed by atoms with E-state index in [2.05, 4.69) is 18.3 Å². The summed E-state index contributed by atoms with van der Waals surface area (Å²) in [5.41, 5.74) is 2.41. The van der Waals surface area contributed by atoms with Crippen LogP contribution in [-0.2, 0) is 16.2 Å². The van der Waals surface area contributed by atoms with E-state index in [1.807, 2.05) is 48.5 Å². The number of amides is 1.